The van der Waals surface area contributed by atoms with Crippen LogP contribution in [0.15, 0.2) is 10.3 Å². The molecule has 20 heavy (non-hydrogen) atoms. The van der Waals surface area contributed by atoms with Gasteiger partial charge < -0.3 is 5.73 Å². The lowest BCUT2D eigenvalue weighted by Crippen LogP contribution is -2.40. The normalized spacial score (nSPS) is 17.6. The number of nitrogens with one attached hydrogen (secondary N) is 1. The van der Waals surface area contributed by atoms with Crippen molar-refractivity contribution in [3.8, 4) is 0 Å². The van der Waals surface area contributed by atoms with Crippen molar-refractivity contribution in [2.75, 3.05) is 13.6 Å². The quantitative estimate of drug-likeness (QED) is 0.794. The molecule has 1 aromatic heterocycles. The highest BCUT2D eigenvalue weighted by Gasteiger charge is 2.29. The summed E-state index contributed by atoms with van der Waals surface area (Å²) in [5.74, 6) is 0. The van der Waals surface area contributed by atoms with E-state index in [9.17, 15) is 8.42 Å². The molecule has 0 bridgehead atoms. The molecule has 114 valence electrons. The van der Waals surface area contributed by atoms with Crippen LogP contribution in [0.25, 0.3) is 0 Å². The van der Waals surface area contributed by atoms with Gasteiger partial charge >= 0.3 is 0 Å². The maximum Gasteiger partial charge on any atom is 0.250 e. The molecule has 1 aromatic rings. The molecular weight excluding hydrogens is 294 g/mol. The summed E-state index contributed by atoms with van der Waals surface area (Å²) in [4.78, 5) is 3.17. The summed E-state index contributed by atoms with van der Waals surface area (Å²) in [6, 6.07) is 2.53. The number of thiophene rings is 1. The van der Waals surface area contributed by atoms with Crippen molar-refractivity contribution < 1.29 is 8.42 Å². The number of aryl methyl sites for hydroxylation is 1. The number of sulfonamides is 1. The van der Waals surface area contributed by atoms with Gasteiger partial charge in [0, 0.05) is 30.1 Å². The van der Waals surface area contributed by atoms with Crippen LogP contribution in [0.1, 0.15) is 30.2 Å². The van der Waals surface area contributed by atoms with Crippen LogP contribution < -0.4 is 10.5 Å². The molecule has 1 fully saturated rings. The van der Waals surface area contributed by atoms with Crippen LogP contribution in [-0.2, 0) is 16.6 Å². The van der Waals surface area contributed by atoms with E-state index < -0.39 is 10.0 Å². The topological polar surface area (TPSA) is 75.4 Å². The molecule has 0 radical (unpaired) electrons. The fourth-order valence-electron chi connectivity index (χ4n) is 2.11. The number of rotatable bonds is 7. The van der Waals surface area contributed by atoms with E-state index in [1.165, 1.54) is 24.2 Å². The summed E-state index contributed by atoms with van der Waals surface area (Å²) in [6.45, 7) is 4.75. The molecule has 2 rings (SSSR count). The van der Waals surface area contributed by atoms with Crippen LogP contribution in [0, 0.1) is 6.92 Å². The van der Waals surface area contributed by atoms with Crippen molar-refractivity contribution in [3.63, 3.8) is 0 Å². The predicted octanol–water partition coefficient (Wildman–Crippen LogP) is 1.28. The number of nitrogens with zero attached hydrogens (tertiary/aromatic N) is 1. The van der Waals surface area contributed by atoms with Crippen molar-refractivity contribution >= 4 is 21.4 Å². The molecule has 0 spiro atoms. The number of hydrogen-bond acceptors (Lipinski definition) is 5. The molecule has 1 unspecified atom stereocenters. The smallest absolute Gasteiger partial charge is 0.250 e. The number of nitrogens with two attached hydrogens (primary N) is 1. The van der Waals surface area contributed by atoms with Gasteiger partial charge in [-0.05, 0) is 45.4 Å². The molecule has 3 N–H and O–H groups in total. The van der Waals surface area contributed by atoms with Crippen molar-refractivity contribution in [3.05, 3.63) is 16.5 Å². The van der Waals surface area contributed by atoms with E-state index in [0.717, 1.165) is 10.4 Å². The van der Waals surface area contributed by atoms with Crippen LogP contribution in [-0.4, -0.2) is 39.0 Å². The minimum atomic E-state index is -3.42. The van der Waals surface area contributed by atoms with E-state index in [1.54, 1.807) is 6.07 Å². The monoisotopic (exact) mass is 317 g/mol. The third-order valence-corrected chi connectivity index (χ3v) is 6.99. The SMILES string of the molecule is Cc1cc(S(=O)(=O)NCC(C)N(C)C2CC2)sc1CN. The van der Waals surface area contributed by atoms with Gasteiger partial charge in [-0.25, -0.2) is 13.1 Å². The average Bonchev–Trinajstić information content (AvgIpc) is 3.18. The van der Waals surface area contributed by atoms with Gasteiger partial charge in [0.15, 0.2) is 0 Å². The number of likely N-dealkylation sites (N-methyl/N-ethyl adjacent to an activating group) is 1. The second kappa shape index (κ2) is 6.11. The van der Waals surface area contributed by atoms with Gasteiger partial charge in [-0.1, -0.05) is 0 Å². The first kappa shape index (κ1) is 15.9. The zero-order valence-electron chi connectivity index (χ0n) is 12.2. The van der Waals surface area contributed by atoms with Crippen molar-refractivity contribution in [2.24, 2.45) is 5.73 Å². The van der Waals surface area contributed by atoms with Gasteiger partial charge in [0.1, 0.15) is 4.21 Å². The van der Waals surface area contributed by atoms with E-state index in [0.29, 0.717) is 23.3 Å². The molecule has 5 nitrogen and oxygen atoms in total. The Morgan fingerprint density at radius 2 is 2.20 bits per heavy atom. The van der Waals surface area contributed by atoms with Gasteiger partial charge in [-0.3, -0.25) is 4.90 Å². The highest BCUT2D eigenvalue weighted by molar-refractivity contribution is 7.91. The summed E-state index contributed by atoms with van der Waals surface area (Å²) >= 11 is 1.26. The third kappa shape index (κ3) is 3.59. The molecule has 0 aromatic carbocycles. The first-order chi connectivity index (χ1) is 9.35. The van der Waals surface area contributed by atoms with Gasteiger partial charge in [0.05, 0.1) is 0 Å². The third-order valence-electron chi connectivity index (χ3n) is 3.84. The Morgan fingerprint density at radius 1 is 1.55 bits per heavy atom. The fourth-order valence-corrected chi connectivity index (χ4v) is 4.74. The zero-order chi connectivity index (χ0) is 14.9. The Morgan fingerprint density at radius 3 is 2.70 bits per heavy atom. The van der Waals surface area contributed by atoms with Crippen LogP contribution in [0.5, 0.6) is 0 Å². The average molecular weight is 317 g/mol. The Bertz CT molecular complexity index is 564. The molecule has 0 amide bonds. The van der Waals surface area contributed by atoms with Crippen molar-refractivity contribution in [1.29, 1.82) is 0 Å². The highest BCUT2D eigenvalue weighted by atomic mass is 32.2. The summed E-state index contributed by atoms with van der Waals surface area (Å²) < 4.78 is 27.6. The van der Waals surface area contributed by atoms with Gasteiger partial charge in [0.2, 0.25) is 10.0 Å². The second-order valence-corrected chi connectivity index (χ2v) is 8.60. The molecular formula is C13H23N3O2S2. The lowest BCUT2D eigenvalue weighted by molar-refractivity contribution is 0.248. The Labute approximate surface area is 125 Å². The second-order valence-electron chi connectivity index (χ2n) is 5.47. The van der Waals surface area contributed by atoms with Crippen LogP contribution >= 0.6 is 11.3 Å². The Hall–Kier alpha value is -0.470. The van der Waals surface area contributed by atoms with E-state index >= 15 is 0 Å². The van der Waals surface area contributed by atoms with E-state index in [-0.39, 0.29) is 6.04 Å². The largest absolute Gasteiger partial charge is 0.326 e. The molecule has 1 aliphatic carbocycles. The Balaban J connectivity index is 1.99. The standard InChI is InChI=1S/C13H23N3O2S2/c1-9-6-13(19-12(9)7-14)20(17,18)15-8-10(2)16(3)11-4-5-11/h6,10-11,15H,4-5,7-8,14H2,1-3H3. The molecule has 7 heteroatoms. The molecule has 0 saturated heterocycles. The van der Waals surface area contributed by atoms with E-state index in [1.807, 2.05) is 13.8 Å². The van der Waals surface area contributed by atoms with E-state index in [2.05, 4.69) is 16.7 Å². The predicted molar refractivity (Wildman–Crippen MR) is 82.4 cm³/mol. The minimum absolute atomic E-state index is 0.201. The fraction of sp³-hybridized carbons (Fsp3) is 0.692. The number of hydrogen-bond donors (Lipinski definition) is 2. The first-order valence-corrected chi connectivity index (χ1v) is 9.16. The molecule has 1 heterocycles. The maximum atomic E-state index is 12.3. The van der Waals surface area contributed by atoms with Gasteiger partial charge in [-0.15, -0.1) is 11.3 Å². The first-order valence-electron chi connectivity index (χ1n) is 6.86. The highest BCUT2D eigenvalue weighted by Crippen LogP contribution is 2.27. The van der Waals surface area contributed by atoms with E-state index in [4.69, 9.17) is 5.73 Å². The maximum absolute atomic E-state index is 12.3. The summed E-state index contributed by atoms with van der Waals surface area (Å²) in [7, 11) is -1.37. The van der Waals surface area contributed by atoms with Crippen molar-refractivity contribution in [1.82, 2.24) is 9.62 Å². The Kier molecular flexibility index (Phi) is 4.86. The summed E-state index contributed by atoms with van der Waals surface area (Å²) in [6.07, 6.45) is 2.44. The zero-order valence-corrected chi connectivity index (χ0v) is 13.9. The minimum Gasteiger partial charge on any atom is -0.326 e. The summed E-state index contributed by atoms with van der Waals surface area (Å²) in [5.41, 5.74) is 6.54. The molecule has 1 atom stereocenters. The molecule has 0 aliphatic heterocycles. The lowest BCUT2D eigenvalue weighted by Gasteiger charge is -2.24. The summed E-state index contributed by atoms with van der Waals surface area (Å²) in [5, 5.41) is 0. The van der Waals surface area contributed by atoms with Crippen LogP contribution in [0.2, 0.25) is 0 Å². The van der Waals surface area contributed by atoms with Crippen LogP contribution in [0.4, 0.5) is 0 Å². The van der Waals surface area contributed by atoms with Gasteiger partial charge in [-0.2, -0.15) is 0 Å². The molecule has 1 aliphatic rings. The van der Waals surface area contributed by atoms with Gasteiger partial charge in [0.25, 0.3) is 0 Å². The van der Waals surface area contributed by atoms with Crippen molar-refractivity contribution in [2.45, 2.75) is 49.5 Å². The lowest BCUT2D eigenvalue weighted by atomic mass is 10.3. The van der Waals surface area contributed by atoms with Crippen LogP contribution in [0.3, 0.4) is 0 Å². The molecule has 1 saturated carbocycles.